The van der Waals surface area contributed by atoms with Crippen molar-refractivity contribution in [2.24, 2.45) is 0 Å². The highest BCUT2D eigenvalue weighted by molar-refractivity contribution is 5.86. The van der Waals surface area contributed by atoms with E-state index in [4.69, 9.17) is 5.11 Å². The van der Waals surface area contributed by atoms with Crippen molar-refractivity contribution >= 4 is 12.0 Å². The molecule has 22 heavy (non-hydrogen) atoms. The molecule has 0 spiro atoms. The first-order chi connectivity index (χ1) is 10.8. The lowest BCUT2D eigenvalue weighted by molar-refractivity contribution is -0.131. The molecule has 1 aromatic carbocycles. The lowest BCUT2D eigenvalue weighted by Gasteiger charge is -2.08. The Labute approximate surface area is 126 Å². The smallest absolute Gasteiger partial charge is 0.328 e. The lowest BCUT2D eigenvalue weighted by Crippen LogP contribution is -2.01. The molecule has 6 nitrogen and oxygen atoms in total. The topological polar surface area (TPSA) is 80.9 Å². The molecule has 0 saturated carbocycles. The summed E-state index contributed by atoms with van der Waals surface area (Å²) >= 11 is 0. The highest BCUT2D eigenvalue weighted by Crippen LogP contribution is 2.24. The van der Waals surface area contributed by atoms with Crippen molar-refractivity contribution in [3.63, 3.8) is 0 Å². The molecule has 1 N–H and O–H groups in total. The SMILES string of the molecule is O=C(O)/C=C/c1nnccc1-c1ccnn1-c1ccccc1. The van der Waals surface area contributed by atoms with Crippen molar-refractivity contribution in [3.05, 3.63) is 66.6 Å². The van der Waals surface area contributed by atoms with Crippen LogP contribution in [0.1, 0.15) is 5.69 Å². The van der Waals surface area contributed by atoms with Gasteiger partial charge in [-0.25, -0.2) is 9.48 Å². The normalized spacial score (nSPS) is 10.9. The van der Waals surface area contributed by atoms with Gasteiger partial charge in [-0.1, -0.05) is 18.2 Å². The molecule has 3 aromatic rings. The molecule has 0 radical (unpaired) electrons. The zero-order valence-electron chi connectivity index (χ0n) is 11.5. The average Bonchev–Trinajstić information content (AvgIpc) is 3.03. The Morgan fingerprint density at radius 2 is 1.91 bits per heavy atom. The summed E-state index contributed by atoms with van der Waals surface area (Å²) in [6, 6.07) is 13.3. The van der Waals surface area contributed by atoms with Crippen LogP contribution in [-0.4, -0.2) is 31.1 Å². The monoisotopic (exact) mass is 292 g/mol. The van der Waals surface area contributed by atoms with E-state index in [2.05, 4.69) is 15.3 Å². The van der Waals surface area contributed by atoms with Gasteiger partial charge in [0.25, 0.3) is 0 Å². The van der Waals surface area contributed by atoms with Crippen LogP contribution in [0.2, 0.25) is 0 Å². The Hall–Kier alpha value is -3.28. The predicted molar refractivity (Wildman–Crippen MR) is 81.3 cm³/mol. The number of hydrogen-bond acceptors (Lipinski definition) is 4. The fraction of sp³-hybridized carbons (Fsp3) is 0. The maximum absolute atomic E-state index is 10.7. The Balaban J connectivity index is 2.10. The summed E-state index contributed by atoms with van der Waals surface area (Å²) in [6.45, 7) is 0. The summed E-state index contributed by atoms with van der Waals surface area (Å²) in [5.74, 6) is -1.03. The van der Waals surface area contributed by atoms with Crippen LogP contribution in [0.3, 0.4) is 0 Å². The van der Waals surface area contributed by atoms with Crippen molar-refractivity contribution in [1.82, 2.24) is 20.0 Å². The van der Waals surface area contributed by atoms with E-state index in [9.17, 15) is 4.79 Å². The molecule has 3 rings (SSSR count). The third kappa shape index (κ3) is 2.76. The Bertz CT molecular complexity index is 825. The maximum atomic E-state index is 10.7. The van der Waals surface area contributed by atoms with E-state index in [1.54, 1.807) is 23.1 Å². The number of aromatic nitrogens is 4. The number of carbonyl (C=O) groups is 1. The molecule has 0 aliphatic rings. The second kappa shape index (κ2) is 6.01. The molecular weight excluding hydrogens is 280 g/mol. The molecule has 2 aromatic heterocycles. The number of carboxylic acid groups (broad SMARTS) is 1. The molecule has 6 heteroatoms. The van der Waals surface area contributed by atoms with Crippen LogP contribution in [0.15, 0.2) is 60.9 Å². The highest BCUT2D eigenvalue weighted by Gasteiger charge is 2.11. The highest BCUT2D eigenvalue weighted by atomic mass is 16.4. The second-order valence-electron chi connectivity index (χ2n) is 4.47. The van der Waals surface area contributed by atoms with Gasteiger partial charge in [0.2, 0.25) is 0 Å². The van der Waals surface area contributed by atoms with E-state index in [0.717, 1.165) is 23.0 Å². The van der Waals surface area contributed by atoms with Crippen molar-refractivity contribution in [1.29, 1.82) is 0 Å². The minimum Gasteiger partial charge on any atom is -0.478 e. The number of benzene rings is 1. The summed E-state index contributed by atoms with van der Waals surface area (Å²) in [6.07, 6.45) is 5.72. The average molecular weight is 292 g/mol. The standard InChI is InChI=1S/C16H12N4O2/c21-16(22)7-6-14-13(8-10-17-19-14)15-9-11-18-20(15)12-4-2-1-3-5-12/h1-11H,(H,21,22)/b7-6+. The Kier molecular flexibility index (Phi) is 3.74. The van der Waals surface area contributed by atoms with Crippen LogP contribution < -0.4 is 0 Å². The summed E-state index contributed by atoms with van der Waals surface area (Å²) in [5.41, 5.74) is 2.95. The van der Waals surface area contributed by atoms with Gasteiger partial charge < -0.3 is 5.11 Å². The molecular formula is C16H12N4O2. The second-order valence-corrected chi connectivity index (χ2v) is 4.47. The van der Waals surface area contributed by atoms with Crippen LogP contribution in [-0.2, 0) is 4.79 Å². The molecule has 0 amide bonds. The molecule has 0 unspecified atom stereocenters. The Morgan fingerprint density at radius 3 is 2.68 bits per heavy atom. The molecule has 0 aliphatic heterocycles. The van der Waals surface area contributed by atoms with Gasteiger partial charge in [-0.3, -0.25) is 0 Å². The van der Waals surface area contributed by atoms with Crippen molar-refractivity contribution < 1.29 is 9.90 Å². The third-order valence-electron chi connectivity index (χ3n) is 3.05. The van der Waals surface area contributed by atoms with Crippen molar-refractivity contribution in [2.75, 3.05) is 0 Å². The van der Waals surface area contributed by atoms with Gasteiger partial charge in [0, 0.05) is 11.6 Å². The molecule has 0 fully saturated rings. The van der Waals surface area contributed by atoms with Gasteiger partial charge in [0.15, 0.2) is 0 Å². The van der Waals surface area contributed by atoms with Gasteiger partial charge in [-0.05, 0) is 30.3 Å². The molecule has 108 valence electrons. The Morgan fingerprint density at radius 1 is 1.09 bits per heavy atom. The minimum absolute atomic E-state index is 0.475. The van der Waals surface area contributed by atoms with Crippen LogP contribution in [0.5, 0.6) is 0 Å². The van der Waals surface area contributed by atoms with E-state index in [-0.39, 0.29) is 0 Å². The van der Waals surface area contributed by atoms with Gasteiger partial charge in [0.1, 0.15) is 0 Å². The number of carboxylic acids is 1. The summed E-state index contributed by atoms with van der Waals surface area (Å²) in [7, 11) is 0. The number of hydrogen-bond donors (Lipinski definition) is 1. The molecule has 0 atom stereocenters. The van der Waals surface area contributed by atoms with Crippen molar-refractivity contribution in [2.45, 2.75) is 0 Å². The van der Waals surface area contributed by atoms with E-state index in [0.29, 0.717) is 5.69 Å². The van der Waals surface area contributed by atoms with Crippen molar-refractivity contribution in [3.8, 4) is 16.9 Å². The van der Waals surface area contributed by atoms with Gasteiger partial charge in [-0.15, -0.1) is 0 Å². The first kappa shape index (κ1) is 13.7. The van der Waals surface area contributed by atoms with Crippen LogP contribution in [0.4, 0.5) is 0 Å². The van der Waals surface area contributed by atoms with Gasteiger partial charge in [-0.2, -0.15) is 15.3 Å². The largest absolute Gasteiger partial charge is 0.478 e. The lowest BCUT2D eigenvalue weighted by atomic mass is 10.1. The van der Waals surface area contributed by atoms with E-state index in [1.165, 1.54) is 6.08 Å². The maximum Gasteiger partial charge on any atom is 0.328 e. The van der Waals surface area contributed by atoms with Crippen LogP contribution in [0, 0.1) is 0 Å². The fourth-order valence-electron chi connectivity index (χ4n) is 2.11. The first-order valence-electron chi connectivity index (χ1n) is 6.58. The van der Waals surface area contributed by atoms with E-state index < -0.39 is 5.97 Å². The number of aliphatic carboxylic acids is 1. The quantitative estimate of drug-likeness (QED) is 0.747. The summed E-state index contributed by atoms with van der Waals surface area (Å²) < 4.78 is 1.77. The van der Waals surface area contributed by atoms with E-state index in [1.807, 2.05) is 36.4 Å². The summed E-state index contributed by atoms with van der Waals surface area (Å²) in [5, 5.41) is 20.9. The molecule has 2 heterocycles. The first-order valence-corrected chi connectivity index (χ1v) is 6.58. The predicted octanol–water partition coefficient (Wildman–Crippen LogP) is 2.43. The number of para-hydroxylation sites is 1. The number of rotatable bonds is 4. The molecule has 0 aliphatic carbocycles. The van der Waals surface area contributed by atoms with Crippen LogP contribution in [0.25, 0.3) is 23.0 Å². The van der Waals surface area contributed by atoms with Gasteiger partial charge >= 0.3 is 5.97 Å². The summed E-state index contributed by atoms with van der Waals surface area (Å²) in [4.78, 5) is 10.7. The zero-order chi connectivity index (χ0) is 15.4. The minimum atomic E-state index is -1.03. The third-order valence-corrected chi connectivity index (χ3v) is 3.05. The molecule has 0 bridgehead atoms. The number of nitrogens with zero attached hydrogens (tertiary/aromatic N) is 4. The molecule has 0 saturated heterocycles. The van der Waals surface area contributed by atoms with E-state index >= 15 is 0 Å². The van der Waals surface area contributed by atoms with Gasteiger partial charge in [0.05, 0.1) is 29.5 Å². The fourth-order valence-corrected chi connectivity index (χ4v) is 2.11. The van der Waals surface area contributed by atoms with Crippen LogP contribution >= 0.6 is 0 Å². The zero-order valence-corrected chi connectivity index (χ0v) is 11.5.